The molecule has 0 aliphatic carbocycles. The molecule has 0 saturated heterocycles. The minimum absolute atomic E-state index is 0.0879. The summed E-state index contributed by atoms with van der Waals surface area (Å²) >= 11 is 5.97. The van der Waals surface area contributed by atoms with Crippen molar-refractivity contribution >= 4 is 23.2 Å². The lowest BCUT2D eigenvalue weighted by atomic mass is 10.3. The number of nitrogens with one attached hydrogen (secondary N) is 1. The summed E-state index contributed by atoms with van der Waals surface area (Å²) in [6.07, 6.45) is 0. The van der Waals surface area contributed by atoms with E-state index in [-0.39, 0.29) is 12.5 Å². The molecule has 0 aliphatic heterocycles. The molecular formula is C12H17ClN2O. The molecule has 0 aliphatic rings. The van der Waals surface area contributed by atoms with Crippen molar-refractivity contribution in [3.63, 3.8) is 0 Å². The number of hydrogen-bond acceptors (Lipinski definition) is 2. The summed E-state index contributed by atoms with van der Waals surface area (Å²) in [7, 11) is 0. The van der Waals surface area contributed by atoms with Crippen molar-refractivity contribution in [2.24, 2.45) is 0 Å². The lowest BCUT2D eigenvalue weighted by Crippen LogP contribution is -2.35. The van der Waals surface area contributed by atoms with Crippen LogP contribution in [0.15, 0.2) is 24.3 Å². The molecule has 1 N–H and O–H groups in total. The van der Waals surface area contributed by atoms with E-state index >= 15 is 0 Å². The molecule has 0 atom stereocenters. The second kappa shape index (κ2) is 6.38. The van der Waals surface area contributed by atoms with Crippen LogP contribution < -0.4 is 5.32 Å². The Hall–Kier alpha value is -1.22. The smallest absolute Gasteiger partial charge is 0.241 e. The standard InChI is InChI=1S/C12H17ClN2O/c1-3-15(4-2)12(16)9-14-11-8-6-5-7-10(11)13/h5-8,14H,3-4,9H2,1-2H3. The van der Waals surface area contributed by atoms with Gasteiger partial charge in [0.2, 0.25) is 5.91 Å². The minimum Gasteiger partial charge on any atom is -0.375 e. The third-order valence-corrected chi connectivity index (χ3v) is 2.75. The highest BCUT2D eigenvalue weighted by Gasteiger charge is 2.09. The van der Waals surface area contributed by atoms with Gasteiger partial charge in [-0.2, -0.15) is 0 Å². The van der Waals surface area contributed by atoms with Crippen molar-refractivity contribution in [2.75, 3.05) is 25.0 Å². The number of benzene rings is 1. The van der Waals surface area contributed by atoms with Crippen molar-refractivity contribution in [3.05, 3.63) is 29.3 Å². The van der Waals surface area contributed by atoms with Gasteiger partial charge in [0.05, 0.1) is 17.3 Å². The number of carbonyl (C=O) groups is 1. The van der Waals surface area contributed by atoms with E-state index in [2.05, 4.69) is 5.32 Å². The highest BCUT2D eigenvalue weighted by atomic mass is 35.5. The number of likely N-dealkylation sites (N-methyl/N-ethyl adjacent to an activating group) is 1. The first-order valence-corrected chi connectivity index (χ1v) is 5.83. The van der Waals surface area contributed by atoms with Crippen LogP contribution in [0.3, 0.4) is 0 Å². The normalized spacial score (nSPS) is 9.94. The van der Waals surface area contributed by atoms with Crippen molar-refractivity contribution < 1.29 is 4.79 Å². The Kier molecular flexibility index (Phi) is 5.12. The molecule has 0 radical (unpaired) electrons. The van der Waals surface area contributed by atoms with Crippen LogP contribution in [0, 0.1) is 0 Å². The maximum Gasteiger partial charge on any atom is 0.241 e. The van der Waals surface area contributed by atoms with Gasteiger partial charge in [0.1, 0.15) is 0 Å². The van der Waals surface area contributed by atoms with E-state index in [0.29, 0.717) is 5.02 Å². The minimum atomic E-state index is 0.0879. The molecule has 0 unspecified atom stereocenters. The van der Waals surface area contributed by atoms with Crippen LogP contribution in [-0.2, 0) is 4.79 Å². The van der Waals surface area contributed by atoms with E-state index in [1.807, 2.05) is 32.0 Å². The fraction of sp³-hybridized carbons (Fsp3) is 0.417. The molecule has 1 amide bonds. The maximum atomic E-state index is 11.7. The highest BCUT2D eigenvalue weighted by Crippen LogP contribution is 2.19. The van der Waals surface area contributed by atoms with Crippen molar-refractivity contribution in [2.45, 2.75) is 13.8 Å². The molecule has 0 saturated carbocycles. The lowest BCUT2D eigenvalue weighted by molar-refractivity contribution is -0.128. The molecule has 0 bridgehead atoms. The van der Waals surface area contributed by atoms with E-state index in [1.54, 1.807) is 11.0 Å². The van der Waals surface area contributed by atoms with E-state index in [9.17, 15) is 4.79 Å². The van der Waals surface area contributed by atoms with Crippen LogP contribution in [0.4, 0.5) is 5.69 Å². The van der Waals surface area contributed by atoms with Crippen LogP contribution in [0.5, 0.6) is 0 Å². The van der Waals surface area contributed by atoms with E-state index in [0.717, 1.165) is 18.8 Å². The monoisotopic (exact) mass is 240 g/mol. The Bertz CT molecular complexity index is 351. The molecule has 16 heavy (non-hydrogen) atoms. The summed E-state index contributed by atoms with van der Waals surface area (Å²) in [4.78, 5) is 13.5. The summed E-state index contributed by atoms with van der Waals surface area (Å²) in [5.74, 6) is 0.0879. The number of carbonyl (C=O) groups excluding carboxylic acids is 1. The van der Waals surface area contributed by atoms with Crippen molar-refractivity contribution in [1.82, 2.24) is 4.90 Å². The number of hydrogen-bond donors (Lipinski definition) is 1. The first-order valence-electron chi connectivity index (χ1n) is 5.45. The first-order chi connectivity index (χ1) is 7.69. The second-order valence-electron chi connectivity index (χ2n) is 3.40. The van der Waals surface area contributed by atoms with Gasteiger partial charge in [-0.05, 0) is 26.0 Å². The molecule has 0 aromatic heterocycles. The number of nitrogens with zero attached hydrogens (tertiary/aromatic N) is 1. The molecule has 3 nitrogen and oxygen atoms in total. The van der Waals surface area contributed by atoms with Gasteiger partial charge in [0, 0.05) is 13.1 Å². The van der Waals surface area contributed by atoms with E-state index in [1.165, 1.54) is 0 Å². The molecule has 1 aromatic rings. The molecule has 0 spiro atoms. The number of amides is 1. The molecule has 4 heteroatoms. The molecule has 0 fully saturated rings. The third kappa shape index (κ3) is 3.42. The fourth-order valence-corrected chi connectivity index (χ4v) is 1.67. The van der Waals surface area contributed by atoms with E-state index < -0.39 is 0 Å². The van der Waals surface area contributed by atoms with Crippen LogP contribution in [0.25, 0.3) is 0 Å². The number of halogens is 1. The van der Waals surface area contributed by atoms with Gasteiger partial charge in [0.25, 0.3) is 0 Å². The summed E-state index contributed by atoms with van der Waals surface area (Å²) in [5.41, 5.74) is 0.796. The average molecular weight is 241 g/mol. The van der Waals surface area contributed by atoms with Gasteiger partial charge in [0.15, 0.2) is 0 Å². The van der Waals surface area contributed by atoms with Crippen LogP contribution >= 0.6 is 11.6 Å². The zero-order valence-electron chi connectivity index (χ0n) is 9.66. The highest BCUT2D eigenvalue weighted by molar-refractivity contribution is 6.33. The molecule has 1 aromatic carbocycles. The maximum absolute atomic E-state index is 11.7. The summed E-state index contributed by atoms with van der Waals surface area (Å²) < 4.78 is 0. The van der Waals surface area contributed by atoms with Gasteiger partial charge < -0.3 is 10.2 Å². The van der Waals surface area contributed by atoms with Gasteiger partial charge in [-0.1, -0.05) is 23.7 Å². The fourth-order valence-electron chi connectivity index (χ4n) is 1.46. The zero-order chi connectivity index (χ0) is 12.0. The topological polar surface area (TPSA) is 32.3 Å². The predicted molar refractivity (Wildman–Crippen MR) is 67.9 cm³/mol. The second-order valence-corrected chi connectivity index (χ2v) is 3.81. The Morgan fingerprint density at radius 1 is 1.31 bits per heavy atom. The first kappa shape index (κ1) is 12.8. The van der Waals surface area contributed by atoms with Crippen molar-refractivity contribution in [3.8, 4) is 0 Å². The number of rotatable bonds is 5. The Labute approximate surface area is 101 Å². The summed E-state index contributed by atoms with van der Waals surface area (Å²) in [5, 5.41) is 3.67. The Morgan fingerprint density at radius 3 is 2.50 bits per heavy atom. The Balaban J connectivity index is 2.52. The van der Waals surface area contributed by atoms with Gasteiger partial charge >= 0.3 is 0 Å². The largest absolute Gasteiger partial charge is 0.375 e. The van der Waals surface area contributed by atoms with Gasteiger partial charge in [-0.15, -0.1) is 0 Å². The van der Waals surface area contributed by atoms with Crippen LogP contribution in [0.1, 0.15) is 13.8 Å². The van der Waals surface area contributed by atoms with Gasteiger partial charge in [-0.3, -0.25) is 4.79 Å². The van der Waals surface area contributed by atoms with Gasteiger partial charge in [-0.25, -0.2) is 0 Å². The van der Waals surface area contributed by atoms with Crippen LogP contribution in [-0.4, -0.2) is 30.4 Å². The summed E-state index contributed by atoms with van der Waals surface area (Å²) in [6, 6.07) is 7.40. The zero-order valence-corrected chi connectivity index (χ0v) is 10.4. The average Bonchev–Trinajstić information content (AvgIpc) is 2.29. The number of anilines is 1. The SMILES string of the molecule is CCN(CC)C(=O)CNc1ccccc1Cl. The van der Waals surface area contributed by atoms with Crippen LogP contribution in [0.2, 0.25) is 5.02 Å². The Morgan fingerprint density at radius 2 is 1.94 bits per heavy atom. The predicted octanol–water partition coefficient (Wildman–Crippen LogP) is 2.62. The molecule has 88 valence electrons. The lowest BCUT2D eigenvalue weighted by Gasteiger charge is -2.19. The third-order valence-electron chi connectivity index (χ3n) is 2.42. The van der Waals surface area contributed by atoms with E-state index in [4.69, 9.17) is 11.6 Å². The number of para-hydroxylation sites is 1. The molecule has 0 heterocycles. The van der Waals surface area contributed by atoms with Crippen molar-refractivity contribution in [1.29, 1.82) is 0 Å². The molecule has 1 rings (SSSR count). The quantitative estimate of drug-likeness (QED) is 0.858. The summed E-state index contributed by atoms with van der Waals surface area (Å²) in [6.45, 7) is 5.69. The molecular weight excluding hydrogens is 224 g/mol.